The topological polar surface area (TPSA) is 95.8 Å². The van der Waals surface area contributed by atoms with E-state index in [1.165, 1.54) is 10.6 Å². The molecule has 1 amide bonds. The Bertz CT molecular complexity index is 1430. The van der Waals surface area contributed by atoms with E-state index in [1.807, 2.05) is 30.3 Å². The van der Waals surface area contributed by atoms with Crippen molar-refractivity contribution in [2.45, 2.75) is 32.2 Å². The number of hydrogen-bond acceptors (Lipinski definition) is 5. The molecule has 0 saturated carbocycles. The summed E-state index contributed by atoms with van der Waals surface area (Å²) in [5, 5.41) is 15.1. The van der Waals surface area contributed by atoms with E-state index in [1.54, 1.807) is 12.4 Å². The van der Waals surface area contributed by atoms with E-state index in [0.29, 0.717) is 6.42 Å². The Labute approximate surface area is 202 Å². The van der Waals surface area contributed by atoms with Crippen LogP contribution < -0.4 is 0 Å². The first-order valence-corrected chi connectivity index (χ1v) is 11.5. The predicted octanol–water partition coefficient (Wildman–Crippen LogP) is 5.15. The van der Waals surface area contributed by atoms with Gasteiger partial charge >= 0.3 is 5.97 Å². The maximum absolute atomic E-state index is 13.0. The molecule has 3 aromatic carbocycles. The van der Waals surface area contributed by atoms with Gasteiger partial charge in [-0.2, -0.15) is 5.10 Å². The maximum Gasteiger partial charge on any atom is 0.303 e. The van der Waals surface area contributed by atoms with Gasteiger partial charge in [-0.15, -0.1) is 0 Å². The van der Waals surface area contributed by atoms with E-state index in [9.17, 15) is 9.59 Å². The molecule has 7 heteroatoms. The highest BCUT2D eigenvalue weighted by Gasteiger charge is 2.33. The number of amides is 1. The van der Waals surface area contributed by atoms with Crippen LogP contribution >= 0.6 is 0 Å². The zero-order valence-electron chi connectivity index (χ0n) is 19.3. The summed E-state index contributed by atoms with van der Waals surface area (Å²) < 4.78 is 0. The second kappa shape index (κ2) is 9.46. The van der Waals surface area contributed by atoms with Crippen molar-refractivity contribution >= 4 is 28.6 Å². The van der Waals surface area contributed by atoms with E-state index < -0.39 is 5.97 Å². The Morgan fingerprint density at radius 3 is 2.17 bits per heavy atom. The molecule has 0 aliphatic carbocycles. The van der Waals surface area contributed by atoms with Crippen LogP contribution in [0.1, 0.15) is 42.0 Å². The molecule has 1 aliphatic rings. The number of aryl methyl sites for hydroxylation is 1. The summed E-state index contributed by atoms with van der Waals surface area (Å²) in [5.74, 6) is -1.33. The van der Waals surface area contributed by atoms with Gasteiger partial charge in [-0.1, -0.05) is 60.2 Å². The van der Waals surface area contributed by atoms with Gasteiger partial charge < -0.3 is 5.11 Å². The first-order chi connectivity index (χ1) is 17.0. The molecule has 7 nitrogen and oxygen atoms in total. The van der Waals surface area contributed by atoms with Gasteiger partial charge in [0.2, 0.25) is 5.91 Å². The summed E-state index contributed by atoms with van der Waals surface area (Å²) in [5.41, 5.74) is 7.56. The third kappa shape index (κ3) is 4.80. The fourth-order valence-electron chi connectivity index (χ4n) is 4.29. The highest BCUT2D eigenvalue weighted by Crippen LogP contribution is 2.35. The van der Waals surface area contributed by atoms with E-state index in [0.717, 1.165) is 39.0 Å². The Hall–Kier alpha value is -4.39. The average Bonchev–Trinajstić information content (AvgIpc) is 3.33. The highest BCUT2D eigenvalue weighted by molar-refractivity contribution is 6.03. The minimum Gasteiger partial charge on any atom is -0.481 e. The SMILES string of the molecule is Cc1ccc(-c2ccc(C3=NN(C(=O)CCC(=O)O)C(c4ccc5nccnc5c4)C3)cc2)cc1. The van der Waals surface area contributed by atoms with E-state index >= 15 is 0 Å². The van der Waals surface area contributed by atoms with Crippen LogP contribution in [0, 0.1) is 6.92 Å². The molecule has 1 aromatic heterocycles. The minimum atomic E-state index is -1.01. The summed E-state index contributed by atoms with van der Waals surface area (Å²) >= 11 is 0. The molecule has 5 rings (SSSR count). The number of fused-ring (bicyclic) bond motifs is 1. The fraction of sp³-hybridized carbons (Fsp3) is 0.179. The van der Waals surface area contributed by atoms with Gasteiger partial charge in [0.1, 0.15) is 0 Å². The highest BCUT2D eigenvalue weighted by atomic mass is 16.4. The van der Waals surface area contributed by atoms with E-state index in [2.05, 4.69) is 58.4 Å². The van der Waals surface area contributed by atoms with Crippen LogP contribution in [0.2, 0.25) is 0 Å². The summed E-state index contributed by atoms with van der Waals surface area (Å²) in [4.78, 5) is 32.7. The van der Waals surface area contributed by atoms with Gasteiger partial charge in [0.25, 0.3) is 0 Å². The van der Waals surface area contributed by atoms with Gasteiger partial charge in [0.05, 0.1) is 29.2 Å². The molecule has 1 aliphatic heterocycles. The quantitative estimate of drug-likeness (QED) is 0.426. The number of carbonyl (C=O) groups excluding carboxylic acids is 1. The molecule has 1 unspecified atom stereocenters. The van der Waals surface area contributed by atoms with E-state index in [4.69, 9.17) is 5.11 Å². The Balaban J connectivity index is 1.45. The number of carboxylic acids is 1. The van der Waals surface area contributed by atoms with Gasteiger partial charge in [0.15, 0.2) is 0 Å². The van der Waals surface area contributed by atoms with Crippen LogP contribution in [-0.4, -0.2) is 37.7 Å². The summed E-state index contributed by atoms with van der Waals surface area (Å²) in [6, 6.07) is 21.9. The molecule has 0 saturated heterocycles. The molecule has 2 heterocycles. The van der Waals surface area contributed by atoms with Crippen molar-refractivity contribution in [1.29, 1.82) is 0 Å². The predicted molar refractivity (Wildman–Crippen MR) is 134 cm³/mol. The van der Waals surface area contributed by atoms with Crippen molar-refractivity contribution in [2.24, 2.45) is 5.10 Å². The van der Waals surface area contributed by atoms with Crippen molar-refractivity contribution in [2.75, 3.05) is 0 Å². The third-order valence-corrected chi connectivity index (χ3v) is 6.20. The number of carboxylic acid groups (broad SMARTS) is 1. The van der Waals surface area contributed by atoms with Crippen molar-refractivity contribution in [1.82, 2.24) is 15.0 Å². The molecule has 1 atom stereocenters. The molecule has 1 N–H and O–H groups in total. The molecule has 174 valence electrons. The molecular formula is C28H24N4O3. The number of hydrogen-bond donors (Lipinski definition) is 1. The summed E-state index contributed by atoms with van der Waals surface area (Å²) in [6.45, 7) is 2.06. The molecule has 0 bridgehead atoms. The first-order valence-electron chi connectivity index (χ1n) is 11.5. The number of aromatic nitrogens is 2. The number of aliphatic carboxylic acids is 1. The Morgan fingerprint density at radius 2 is 1.49 bits per heavy atom. The van der Waals surface area contributed by atoms with Crippen LogP contribution in [0.5, 0.6) is 0 Å². The standard InChI is InChI=1S/C28H24N4O3/c1-18-2-4-19(5-3-18)20-6-8-21(9-7-20)24-17-26(32(31-24)27(33)12-13-28(34)35)22-10-11-23-25(16-22)30-15-14-29-23/h2-11,14-16,26H,12-13,17H2,1H3,(H,34,35). The van der Waals surface area contributed by atoms with Crippen LogP contribution in [0.3, 0.4) is 0 Å². The zero-order chi connectivity index (χ0) is 24.4. The van der Waals surface area contributed by atoms with Crippen LogP contribution in [0.15, 0.2) is 84.2 Å². The minimum absolute atomic E-state index is 0.109. The van der Waals surface area contributed by atoms with Crippen LogP contribution in [0.4, 0.5) is 0 Å². The Kier molecular flexibility index (Phi) is 6.06. The number of hydrazone groups is 1. The molecule has 0 fully saturated rings. The number of carbonyl (C=O) groups is 2. The fourth-order valence-corrected chi connectivity index (χ4v) is 4.29. The second-order valence-electron chi connectivity index (χ2n) is 8.65. The largest absolute Gasteiger partial charge is 0.481 e. The number of benzene rings is 3. The van der Waals surface area contributed by atoms with E-state index in [-0.39, 0.29) is 24.8 Å². The van der Waals surface area contributed by atoms with Gasteiger partial charge in [-0.3, -0.25) is 19.6 Å². The lowest BCUT2D eigenvalue weighted by molar-refractivity contribution is -0.141. The normalized spacial score (nSPS) is 15.3. The lowest BCUT2D eigenvalue weighted by atomic mass is 9.96. The van der Waals surface area contributed by atoms with Gasteiger partial charge in [0, 0.05) is 25.2 Å². The van der Waals surface area contributed by atoms with Crippen molar-refractivity contribution in [3.05, 3.63) is 95.8 Å². The molecule has 0 spiro atoms. The van der Waals surface area contributed by atoms with Crippen molar-refractivity contribution < 1.29 is 14.7 Å². The smallest absolute Gasteiger partial charge is 0.303 e. The monoisotopic (exact) mass is 464 g/mol. The summed E-state index contributed by atoms with van der Waals surface area (Å²) in [6.07, 6.45) is 3.45. The molecule has 4 aromatic rings. The lowest BCUT2D eigenvalue weighted by Gasteiger charge is -2.22. The lowest BCUT2D eigenvalue weighted by Crippen LogP contribution is -2.27. The maximum atomic E-state index is 13.0. The molecule has 0 radical (unpaired) electrons. The van der Waals surface area contributed by atoms with Crippen LogP contribution in [-0.2, 0) is 9.59 Å². The van der Waals surface area contributed by atoms with Crippen molar-refractivity contribution in [3.8, 4) is 11.1 Å². The Morgan fingerprint density at radius 1 is 0.857 bits per heavy atom. The van der Waals surface area contributed by atoms with Crippen molar-refractivity contribution in [3.63, 3.8) is 0 Å². The number of nitrogens with zero attached hydrogens (tertiary/aromatic N) is 4. The second-order valence-corrected chi connectivity index (χ2v) is 8.65. The molecule has 35 heavy (non-hydrogen) atoms. The first kappa shape index (κ1) is 22.4. The average molecular weight is 465 g/mol. The van der Waals surface area contributed by atoms with Crippen LogP contribution in [0.25, 0.3) is 22.2 Å². The summed E-state index contributed by atoms with van der Waals surface area (Å²) in [7, 11) is 0. The number of rotatable bonds is 6. The third-order valence-electron chi connectivity index (χ3n) is 6.20. The van der Waals surface area contributed by atoms with Gasteiger partial charge in [-0.25, -0.2) is 5.01 Å². The van der Waals surface area contributed by atoms with Gasteiger partial charge in [-0.05, 0) is 41.3 Å². The zero-order valence-corrected chi connectivity index (χ0v) is 19.3. The molecular weight excluding hydrogens is 440 g/mol.